The van der Waals surface area contributed by atoms with Crippen LogP contribution >= 0.6 is 11.3 Å². The van der Waals surface area contributed by atoms with Gasteiger partial charge in [0.05, 0.1) is 18.3 Å². The fourth-order valence-corrected chi connectivity index (χ4v) is 1.70. The molecule has 0 N–H and O–H groups in total. The lowest BCUT2D eigenvalue weighted by atomic mass is 10.2. The average molecular weight is 185 g/mol. The zero-order valence-corrected chi connectivity index (χ0v) is 7.98. The Morgan fingerprint density at radius 1 is 1.75 bits per heavy atom. The van der Waals surface area contributed by atoms with Crippen LogP contribution in [-0.2, 0) is 11.2 Å². The number of nitrogens with zero attached hydrogens (tertiary/aromatic N) is 1. The van der Waals surface area contributed by atoms with Gasteiger partial charge < -0.3 is 4.74 Å². The lowest BCUT2D eigenvalue weighted by Crippen LogP contribution is -2.02. The van der Waals surface area contributed by atoms with E-state index in [1.54, 1.807) is 5.51 Å². The van der Waals surface area contributed by atoms with Crippen LogP contribution in [0.2, 0.25) is 0 Å². The molecule has 1 rings (SSSR count). The molecule has 0 saturated carbocycles. The third kappa shape index (κ3) is 1.82. The molecule has 0 bridgehead atoms. The molecule has 1 aromatic rings. The summed E-state index contributed by atoms with van der Waals surface area (Å²) < 4.78 is 4.61. The zero-order valence-electron chi connectivity index (χ0n) is 7.16. The second-order valence-electron chi connectivity index (χ2n) is 2.37. The van der Waals surface area contributed by atoms with E-state index in [2.05, 4.69) is 16.6 Å². The Hall–Kier alpha value is -0.900. The summed E-state index contributed by atoms with van der Waals surface area (Å²) in [6, 6.07) is 0. The topological polar surface area (TPSA) is 39.2 Å². The van der Waals surface area contributed by atoms with Crippen molar-refractivity contribution in [3.63, 3.8) is 0 Å². The van der Waals surface area contributed by atoms with Crippen LogP contribution in [0.25, 0.3) is 0 Å². The van der Waals surface area contributed by atoms with Gasteiger partial charge in [-0.3, -0.25) is 0 Å². The van der Waals surface area contributed by atoms with Gasteiger partial charge >= 0.3 is 5.97 Å². The number of aromatic nitrogens is 1. The minimum absolute atomic E-state index is 0.277. The van der Waals surface area contributed by atoms with Crippen LogP contribution < -0.4 is 0 Å². The highest BCUT2D eigenvalue weighted by Gasteiger charge is 2.13. The summed E-state index contributed by atoms with van der Waals surface area (Å²) in [6.07, 6.45) is 1.83. The van der Waals surface area contributed by atoms with Crippen LogP contribution in [0.15, 0.2) is 5.51 Å². The molecule has 0 aliphatic carbocycles. The minimum atomic E-state index is -0.277. The number of esters is 1. The Bertz CT molecular complexity index is 270. The van der Waals surface area contributed by atoms with Crippen LogP contribution in [0.5, 0.6) is 0 Å². The van der Waals surface area contributed by atoms with E-state index in [9.17, 15) is 4.79 Å². The van der Waals surface area contributed by atoms with E-state index in [0.29, 0.717) is 4.88 Å². The maximum atomic E-state index is 11.1. The number of methoxy groups -OCH3 is 1. The van der Waals surface area contributed by atoms with Gasteiger partial charge in [-0.15, -0.1) is 11.3 Å². The first-order valence-electron chi connectivity index (χ1n) is 3.80. The van der Waals surface area contributed by atoms with E-state index < -0.39 is 0 Å². The number of carbonyl (C=O) groups is 1. The molecule has 0 aromatic carbocycles. The Morgan fingerprint density at radius 3 is 3.08 bits per heavy atom. The van der Waals surface area contributed by atoms with Crippen LogP contribution in [0.3, 0.4) is 0 Å². The van der Waals surface area contributed by atoms with Crippen LogP contribution in [0, 0.1) is 0 Å². The second-order valence-corrected chi connectivity index (χ2v) is 3.22. The molecule has 1 aromatic heterocycles. The first-order valence-corrected chi connectivity index (χ1v) is 4.68. The van der Waals surface area contributed by atoms with Crippen LogP contribution in [0.1, 0.15) is 28.7 Å². The first-order chi connectivity index (χ1) is 5.79. The third-order valence-electron chi connectivity index (χ3n) is 1.50. The summed E-state index contributed by atoms with van der Waals surface area (Å²) >= 11 is 1.34. The van der Waals surface area contributed by atoms with E-state index in [-0.39, 0.29) is 5.97 Å². The summed E-state index contributed by atoms with van der Waals surface area (Å²) in [5.41, 5.74) is 2.53. The van der Waals surface area contributed by atoms with Crippen LogP contribution in [0.4, 0.5) is 0 Å². The summed E-state index contributed by atoms with van der Waals surface area (Å²) in [7, 11) is 1.39. The number of thiazole rings is 1. The number of carbonyl (C=O) groups excluding carboxylic acids is 1. The molecule has 0 spiro atoms. The maximum absolute atomic E-state index is 11.1. The Labute approximate surface area is 75.4 Å². The normalized spacial score (nSPS) is 9.83. The van der Waals surface area contributed by atoms with Gasteiger partial charge in [-0.25, -0.2) is 9.78 Å². The van der Waals surface area contributed by atoms with Gasteiger partial charge in [0.25, 0.3) is 0 Å². The molecular formula is C8H11NO2S. The molecule has 3 nitrogen and oxygen atoms in total. The number of hydrogen-bond acceptors (Lipinski definition) is 4. The van der Waals surface area contributed by atoms with E-state index >= 15 is 0 Å². The molecule has 66 valence electrons. The standard InChI is InChI=1S/C8H11NO2S/c1-3-4-6-7(8(10)11-2)12-5-9-6/h5H,3-4H2,1-2H3. The van der Waals surface area contributed by atoms with Gasteiger partial charge in [0.15, 0.2) is 0 Å². The summed E-state index contributed by atoms with van der Waals surface area (Å²) in [6.45, 7) is 2.06. The Morgan fingerprint density at radius 2 is 2.50 bits per heavy atom. The number of aryl methyl sites for hydroxylation is 1. The molecule has 0 atom stereocenters. The van der Waals surface area contributed by atoms with Gasteiger partial charge in [0.2, 0.25) is 0 Å². The summed E-state index contributed by atoms with van der Waals surface area (Å²) in [4.78, 5) is 15.8. The summed E-state index contributed by atoms with van der Waals surface area (Å²) in [5.74, 6) is -0.277. The number of hydrogen-bond donors (Lipinski definition) is 0. The molecule has 0 fully saturated rings. The monoisotopic (exact) mass is 185 g/mol. The largest absolute Gasteiger partial charge is 0.465 e. The van der Waals surface area contributed by atoms with E-state index in [1.165, 1.54) is 18.4 Å². The van der Waals surface area contributed by atoms with Crippen molar-refractivity contribution in [1.29, 1.82) is 0 Å². The Kier molecular flexibility index (Phi) is 3.22. The zero-order chi connectivity index (χ0) is 8.97. The molecular weight excluding hydrogens is 174 g/mol. The molecule has 0 aliphatic rings. The van der Waals surface area contributed by atoms with Crippen molar-refractivity contribution in [2.45, 2.75) is 19.8 Å². The number of ether oxygens (including phenoxy) is 1. The van der Waals surface area contributed by atoms with Crippen molar-refractivity contribution in [2.75, 3.05) is 7.11 Å². The molecule has 12 heavy (non-hydrogen) atoms. The fourth-order valence-electron chi connectivity index (χ4n) is 0.943. The smallest absolute Gasteiger partial charge is 0.349 e. The van der Waals surface area contributed by atoms with Crippen LogP contribution in [-0.4, -0.2) is 18.1 Å². The minimum Gasteiger partial charge on any atom is -0.465 e. The molecule has 0 saturated heterocycles. The average Bonchev–Trinajstić information content (AvgIpc) is 2.52. The van der Waals surface area contributed by atoms with Gasteiger partial charge in [0.1, 0.15) is 4.88 Å². The lowest BCUT2D eigenvalue weighted by Gasteiger charge is -1.97. The molecule has 0 aliphatic heterocycles. The fraction of sp³-hybridized carbons (Fsp3) is 0.500. The quantitative estimate of drug-likeness (QED) is 0.675. The highest BCUT2D eigenvalue weighted by molar-refractivity contribution is 7.11. The van der Waals surface area contributed by atoms with Crippen molar-refractivity contribution < 1.29 is 9.53 Å². The SMILES string of the molecule is CCCc1ncsc1C(=O)OC. The van der Waals surface area contributed by atoms with Crippen molar-refractivity contribution in [1.82, 2.24) is 4.98 Å². The Balaban J connectivity index is 2.83. The van der Waals surface area contributed by atoms with Gasteiger partial charge in [-0.2, -0.15) is 0 Å². The van der Waals surface area contributed by atoms with Crippen molar-refractivity contribution >= 4 is 17.3 Å². The van der Waals surface area contributed by atoms with Crippen molar-refractivity contribution in [3.8, 4) is 0 Å². The molecule has 0 unspecified atom stereocenters. The van der Waals surface area contributed by atoms with E-state index in [1.807, 2.05) is 0 Å². The second kappa shape index (κ2) is 4.21. The molecule has 0 radical (unpaired) electrons. The lowest BCUT2D eigenvalue weighted by molar-refractivity contribution is 0.0605. The van der Waals surface area contributed by atoms with Crippen molar-refractivity contribution in [3.05, 3.63) is 16.1 Å². The third-order valence-corrected chi connectivity index (χ3v) is 2.35. The molecule has 0 amide bonds. The van der Waals surface area contributed by atoms with Crippen molar-refractivity contribution in [2.24, 2.45) is 0 Å². The maximum Gasteiger partial charge on any atom is 0.349 e. The highest BCUT2D eigenvalue weighted by atomic mass is 32.1. The predicted octanol–water partition coefficient (Wildman–Crippen LogP) is 1.88. The predicted molar refractivity (Wildman–Crippen MR) is 47.4 cm³/mol. The molecule has 4 heteroatoms. The van der Waals surface area contributed by atoms with Gasteiger partial charge in [-0.05, 0) is 6.42 Å². The molecule has 1 heterocycles. The number of rotatable bonds is 3. The van der Waals surface area contributed by atoms with E-state index in [4.69, 9.17) is 0 Å². The van der Waals surface area contributed by atoms with Gasteiger partial charge in [0, 0.05) is 0 Å². The van der Waals surface area contributed by atoms with E-state index in [0.717, 1.165) is 18.5 Å². The summed E-state index contributed by atoms with van der Waals surface area (Å²) in [5, 5.41) is 0. The first kappa shape index (κ1) is 9.19. The van der Waals surface area contributed by atoms with Gasteiger partial charge in [-0.1, -0.05) is 13.3 Å². The highest BCUT2D eigenvalue weighted by Crippen LogP contribution is 2.15.